The minimum atomic E-state index is -1.08. The highest BCUT2D eigenvalue weighted by molar-refractivity contribution is 6.00. The van der Waals surface area contributed by atoms with Gasteiger partial charge in [-0.2, -0.15) is 9.97 Å². The molecule has 0 aliphatic carbocycles. The van der Waals surface area contributed by atoms with Gasteiger partial charge in [0.05, 0.1) is 24.7 Å². The van der Waals surface area contributed by atoms with E-state index >= 15 is 4.39 Å². The van der Waals surface area contributed by atoms with Crippen molar-refractivity contribution >= 4 is 33.4 Å². The number of carbonyl (C=O) groups is 1. The average molecular weight is 641 g/mol. The van der Waals surface area contributed by atoms with Crippen LogP contribution in [0.2, 0.25) is 0 Å². The molecule has 3 aliphatic heterocycles. The van der Waals surface area contributed by atoms with Gasteiger partial charge in [0, 0.05) is 68.3 Å². The SMILES string of the molecule is [C-]#[N+]C[C@H]1CN(c2nc(OCCCN3C[C@@H]4C[C@H]3CO4)nc3c(F)c(-c4cncc5cccc(C)c45)ncc23)CCN1C(=O)C(=C)F. The number of hydrogen-bond donors (Lipinski definition) is 0. The summed E-state index contributed by atoms with van der Waals surface area (Å²) in [6, 6.07) is 5.64. The number of anilines is 1. The van der Waals surface area contributed by atoms with Crippen molar-refractivity contribution in [1.82, 2.24) is 29.7 Å². The Labute approximate surface area is 270 Å². The predicted octanol–water partition coefficient (Wildman–Crippen LogP) is 4.35. The number of benzene rings is 1. The normalized spacial score (nSPS) is 21.0. The van der Waals surface area contributed by atoms with Crippen molar-refractivity contribution in [3.63, 3.8) is 0 Å². The van der Waals surface area contributed by atoms with Gasteiger partial charge in [-0.3, -0.25) is 19.7 Å². The standard InChI is InChI=1S/C34H34F2N8O3/c1-20-6-4-7-22-13-38-15-26(28(20)22)30-29(36)31-27(16-39-30)32(43-9-10-44(33(45)21(2)35)24(17-43)14-37-3)41-34(40-31)46-11-5-8-42-18-25-12-23(42)19-47-25/h4,6-7,13,15-16,23-25H,2,5,8-12,14,17-19H2,1H3/t23-,24-,25-/m0/s1. The van der Waals surface area contributed by atoms with Gasteiger partial charge >= 0.3 is 6.01 Å². The van der Waals surface area contributed by atoms with Gasteiger partial charge in [0.2, 0.25) is 6.54 Å². The first kappa shape index (κ1) is 30.8. The number of aryl methyl sites for hydroxylation is 1. The lowest BCUT2D eigenvalue weighted by molar-refractivity contribution is -0.131. The van der Waals surface area contributed by atoms with Gasteiger partial charge in [-0.25, -0.2) is 15.4 Å². The van der Waals surface area contributed by atoms with Crippen LogP contribution in [0.15, 0.2) is 49.2 Å². The Bertz CT molecular complexity index is 1910. The molecule has 242 valence electrons. The summed E-state index contributed by atoms with van der Waals surface area (Å²) < 4.78 is 42.3. The number of fused-ring (bicyclic) bond motifs is 4. The van der Waals surface area contributed by atoms with Crippen LogP contribution in [0.25, 0.3) is 37.8 Å². The molecular formula is C34H34F2N8O3. The monoisotopic (exact) mass is 640 g/mol. The summed E-state index contributed by atoms with van der Waals surface area (Å²) in [4.78, 5) is 39.7. The van der Waals surface area contributed by atoms with Gasteiger partial charge in [0.1, 0.15) is 23.1 Å². The van der Waals surface area contributed by atoms with E-state index in [9.17, 15) is 9.18 Å². The van der Waals surface area contributed by atoms with Crippen molar-refractivity contribution in [2.24, 2.45) is 0 Å². The van der Waals surface area contributed by atoms with Crippen LogP contribution < -0.4 is 9.64 Å². The number of hydrogen-bond acceptors (Lipinski definition) is 9. The highest BCUT2D eigenvalue weighted by Crippen LogP contribution is 2.36. The molecule has 7 rings (SSSR count). The van der Waals surface area contributed by atoms with Gasteiger partial charge in [-0.05, 0) is 30.7 Å². The molecule has 47 heavy (non-hydrogen) atoms. The number of likely N-dealkylation sites (tertiary alicyclic amines) is 1. The number of halogens is 2. The van der Waals surface area contributed by atoms with Crippen molar-refractivity contribution in [3.8, 4) is 17.3 Å². The van der Waals surface area contributed by atoms with Crippen LogP contribution >= 0.6 is 0 Å². The van der Waals surface area contributed by atoms with E-state index in [1.807, 2.05) is 30.0 Å². The number of carbonyl (C=O) groups excluding carboxylic acids is 1. The van der Waals surface area contributed by atoms with Gasteiger partial charge in [-0.1, -0.05) is 24.8 Å². The van der Waals surface area contributed by atoms with Crippen LogP contribution in [0, 0.1) is 19.3 Å². The summed E-state index contributed by atoms with van der Waals surface area (Å²) in [6.45, 7) is 15.9. The molecule has 0 radical (unpaired) electrons. The molecule has 2 bridgehead atoms. The maximum Gasteiger partial charge on any atom is 0.319 e. The fourth-order valence-electron chi connectivity index (χ4n) is 7.03. The zero-order chi connectivity index (χ0) is 32.7. The summed E-state index contributed by atoms with van der Waals surface area (Å²) in [5, 5.41) is 2.06. The van der Waals surface area contributed by atoms with E-state index in [1.165, 1.54) is 4.90 Å². The molecule has 3 aliphatic rings. The topological polar surface area (TPSA) is 101 Å². The molecule has 4 aromatic rings. The lowest BCUT2D eigenvalue weighted by Crippen LogP contribution is -2.56. The third kappa shape index (κ3) is 5.83. The fraction of sp³-hybridized carbons (Fsp3) is 0.412. The summed E-state index contributed by atoms with van der Waals surface area (Å²) >= 11 is 0. The van der Waals surface area contributed by atoms with Crippen molar-refractivity contribution in [3.05, 3.63) is 72.0 Å². The lowest BCUT2D eigenvalue weighted by Gasteiger charge is -2.39. The summed E-state index contributed by atoms with van der Waals surface area (Å²) in [5.74, 6) is -2.20. The molecule has 0 spiro atoms. The van der Waals surface area contributed by atoms with Crippen molar-refractivity contribution < 1.29 is 23.0 Å². The molecule has 3 saturated heterocycles. The highest BCUT2D eigenvalue weighted by atomic mass is 19.1. The first-order valence-corrected chi connectivity index (χ1v) is 15.7. The van der Waals surface area contributed by atoms with Crippen molar-refractivity contribution in [2.75, 3.05) is 57.4 Å². The lowest BCUT2D eigenvalue weighted by atomic mass is 10.00. The Balaban J connectivity index is 1.24. The van der Waals surface area contributed by atoms with E-state index in [-0.39, 0.29) is 43.4 Å². The number of morpholine rings is 1. The smallest absolute Gasteiger partial charge is 0.319 e. The molecule has 3 aromatic heterocycles. The van der Waals surface area contributed by atoms with Gasteiger partial charge in [-0.15, -0.1) is 0 Å². The first-order chi connectivity index (χ1) is 22.8. The molecular weight excluding hydrogens is 606 g/mol. The second-order valence-corrected chi connectivity index (χ2v) is 12.3. The summed E-state index contributed by atoms with van der Waals surface area (Å²) in [6.07, 6.45) is 6.98. The van der Waals surface area contributed by atoms with E-state index in [2.05, 4.69) is 31.3 Å². The zero-order valence-electron chi connectivity index (χ0n) is 26.0. The molecule has 3 fully saturated rings. The van der Waals surface area contributed by atoms with Crippen LogP contribution in [0.5, 0.6) is 6.01 Å². The largest absolute Gasteiger partial charge is 0.463 e. The van der Waals surface area contributed by atoms with Gasteiger partial charge < -0.3 is 24.1 Å². The third-order valence-corrected chi connectivity index (χ3v) is 9.30. The molecule has 0 N–H and O–H groups in total. The predicted molar refractivity (Wildman–Crippen MR) is 172 cm³/mol. The Morgan fingerprint density at radius 1 is 1.21 bits per heavy atom. The molecule has 3 atom stereocenters. The number of piperazine rings is 1. The van der Waals surface area contributed by atoms with Gasteiger partial charge in [0.15, 0.2) is 11.6 Å². The molecule has 0 unspecified atom stereocenters. The number of ether oxygens (including phenoxy) is 2. The summed E-state index contributed by atoms with van der Waals surface area (Å²) in [7, 11) is 0. The molecule has 13 heteroatoms. The van der Waals surface area contributed by atoms with Crippen LogP contribution in [-0.4, -0.2) is 106 Å². The van der Waals surface area contributed by atoms with Crippen molar-refractivity contribution in [1.29, 1.82) is 0 Å². The van der Waals surface area contributed by atoms with E-state index in [0.29, 0.717) is 35.5 Å². The Hall–Kier alpha value is -4.80. The van der Waals surface area contributed by atoms with Crippen LogP contribution in [0.1, 0.15) is 18.4 Å². The molecule has 6 heterocycles. The minimum Gasteiger partial charge on any atom is -0.463 e. The number of pyridine rings is 2. The van der Waals surface area contributed by atoms with E-state index in [1.54, 1.807) is 18.6 Å². The number of nitrogens with zero attached hydrogens (tertiary/aromatic N) is 8. The second-order valence-electron chi connectivity index (χ2n) is 12.3. The minimum absolute atomic E-state index is 0.0134. The zero-order valence-corrected chi connectivity index (χ0v) is 26.0. The van der Waals surface area contributed by atoms with Crippen LogP contribution in [-0.2, 0) is 9.53 Å². The Kier molecular flexibility index (Phi) is 8.38. The van der Waals surface area contributed by atoms with Crippen molar-refractivity contribution in [2.45, 2.75) is 38.0 Å². The molecule has 11 nitrogen and oxygen atoms in total. The van der Waals surface area contributed by atoms with E-state index in [4.69, 9.17) is 21.0 Å². The molecule has 0 saturated carbocycles. The number of amides is 1. The van der Waals surface area contributed by atoms with Gasteiger partial charge in [0.25, 0.3) is 5.91 Å². The number of aromatic nitrogens is 4. The first-order valence-electron chi connectivity index (χ1n) is 15.7. The maximum atomic E-state index is 16.7. The Morgan fingerprint density at radius 2 is 2.09 bits per heavy atom. The van der Waals surface area contributed by atoms with Crippen LogP contribution in [0.3, 0.4) is 0 Å². The summed E-state index contributed by atoms with van der Waals surface area (Å²) in [5.41, 5.74) is 1.64. The second kappa shape index (κ2) is 12.8. The highest BCUT2D eigenvalue weighted by Gasteiger charge is 2.38. The molecule has 1 amide bonds. The van der Waals surface area contributed by atoms with E-state index in [0.717, 1.165) is 48.9 Å². The quantitative estimate of drug-likeness (QED) is 0.150. The van der Waals surface area contributed by atoms with E-state index < -0.39 is 23.6 Å². The Morgan fingerprint density at radius 3 is 2.85 bits per heavy atom. The van der Waals surface area contributed by atoms with Crippen LogP contribution in [0.4, 0.5) is 14.6 Å². The maximum absolute atomic E-state index is 16.7. The third-order valence-electron chi connectivity index (χ3n) is 9.30. The fourth-order valence-corrected chi connectivity index (χ4v) is 7.03. The molecule has 1 aromatic carbocycles. The number of rotatable bonds is 9. The average Bonchev–Trinajstić information content (AvgIpc) is 3.70.